The molecule has 0 unspecified atom stereocenters. The highest BCUT2D eigenvalue weighted by Crippen LogP contribution is 2.27. The maximum Gasteiger partial charge on any atom is 0.257 e. The number of carbonyl (C=O) groups is 3. The van der Waals surface area contributed by atoms with Crippen molar-refractivity contribution < 1.29 is 33.0 Å². The van der Waals surface area contributed by atoms with Crippen molar-refractivity contribution in [2.24, 2.45) is 5.92 Å². The van der Waals surface area contributed by atoms with Crippen LogP contribution in [0.2, 0.25) is 0 Å². The van der Waals surface area contributed by atoms with Crippen LogP contribution in [0.3, 0.4) is 0 Å². The van der Waals surface area contributed by atoms with Crippen LogP contribution in [0.4, 0.5) is 10.1 Å². The molecule has 1 aliphatic rings. The normalized spacial score (nSPS) is 20.8. The largest absolute Gasteiger partial charge is 0.491 e. The first-order chi connectivity index (χ1) is 17.7. The van der Waals surface area contributed by atoms with Gasteiger partial charge in [0.2, 0.25) is 5.91 Å². The molecule has 1 heterocycles. The first-order valence-corrected chi connectivity index (χ1v) is 12.1. The Labute approximate surface area is 216 Å². The van der Waals surface area contributed by atoms with Crippen molar-refractivity contribution in [2.45, 2.75) is 26.0 Å². The van der Waals surface area contributed by atoms with Gasteiger partial charge in [-0.25, -0.2) is 4.39 Å². The summed E-state index contributed by atoms with van der Waals surface area (Å²) in [7, 11) is 4.64. The zero-order valence-corrected chi connectivity index (χ0v) is 21.8. The Morgan fingerprint density at radius 2 is 1.86 bits per heavy atom. The third-order valence-corrected chi connectivity index (χ3v) is 6.37. The van der Waals surface area contributed by atoms with Crippen molar-refractivity contribution in [3.05, 3.63) is 59.4 Å². The number of anilines is 1. The minimum atomic E-state index is -0.602. The summed E-state index contributed by atoms with van der Waals surface area (Å²) in [6, 6.07) is 10.1. The van der Waals surface area contributed by atoms with Crippen molar-refractivity contribution in [1.29, 1.82) is 0 Å². The number of methoxy groups -OCH3 is 2. The van der Waals surface area contributed by atoms with Gasteiger partial charge in [-0.05, 0) is 31.2 Å². The number of hydrogen-bond donors (Lipinski definition) is 1. The summed E-state index contributed by atoms with van der Waals surface area (Å²) < 4.78 is 31.1. The Balaban J connectivity index is 1.99. The van der Waals surface area contributed by atoms with Gasteiger partial charge in [0.1, 0.15) is 24.8 Å². The number of amides is 3. The van der Waals surface area contributed by atoms with E-state index in [1.807, 2.05) is 6.92 Å². The molecular formula is C27H34FN3O6. The molecule has 0 spiro atoms. The van der Waals surface area contributed by atoms with E-state index in [9.17, 15) is 18.8 Å². The van der Waals surface area contributed by atoms with E-state index in [-0.39, 0.29) is 61.5 Å². The summed E-state index contributed by atoms with van der Waals surface area (Å²) in [6.07, 6.45) is -0.381. The van der Waals surface area contributed by atoms with Gasteiger partial charge in [-0.1, -0.05) is 19.1 Å². The molecule has 1 aliphatic heterocycles. The number of fused-ring (bicyclic) bond motifs is 1. The second-order valence-electron chi connectivity index (χ2n) is 9.23. The highest BCUT2D eigenvalue weighted by atomic mass is 19.1. The van der Waals surface area contributed by atoms with Crippen LogP contribution in [0, 0.1) is 11.7 Å². The third kappa shape index (κ3) is 6.84. The fraction of sp³-hybridized carbons (Fsp3) is 0.444. The fourth-order valence-corrected chi connectivity index (χ4v) is 4.25. The lowest BCUT2D eigenvalue weighted by Gasteiger charge is -2.36. The number of rotatable bonds is 5. The van der Waals surface area contributed by atoms with Crippen LogP contribution in [0.15, 0.2) is 42.5 Å². The first-order valence-electron chi connectivity index (χ1n) is 12.1. The molecule has 0 radical (unpaired) electrons. The molecule has 37 heavy (non-hydrogen) atoms. The number of likely N-dealkylation sites (N-methyl/N-ethyl adjacent to an activating group) is 1. The van der Waals surface area contributed by atoms with Gasteiger partial charge >= 0.3 is 0 Å². The summed E-state index contributed by atoms with van der Waals surface area (Å²) in [6.45, 7) is 4.16. The molecule has 0 saturated heterocycles. The van der Waals surface area contributed by atoms with Gasteiger partial charge in [0.25, 0.3) is 11.8 Å². The van der Waals surface area contributed by atoms with E-state index in [1.165, 1.54) is 30.2 Å². The lowest BCUT2D eigenvalue weighted by molar-refractivity contribution is -0.119. The standard InChI is InChI=1S/C27H34FN3O6/c1-17-13-31(27(34)20-8-6-7-9-22(20)28)18(2)15-37-23-12-19(29-25(32)16-35-4)10-11-21(23)26(33)30(3)14-24(17)36-5/h6-12,17-18,24H,13-16H2,1-5H3,(H,29,32)/t17-,18-,24+/m1/s1. The van der Waals surface area contributed by atoms with Crippen LogP contribution in [0.1, 0.15) is 34.6 Å². The minimum absolute atomic E-state index is 0.0292. The molecule has 3 rings (SSSR count). The smallest absolute Gasteiger partial charge is 0.257 e. The van der Waals surface area contributed by atoms with E-state index < -0.39 is 17.8 Å². The molecule has 0 aromatic heterocycles. The van der Waals surface area contributed by atoms with Gasteiger partial charge in [0, 0.05) is 52.0 Å². The monoisotopic (exact) mass is 515 g/mol. The number of carbonyl (C=O) groups excluding carboxylic acids is 3. The highest BCUT2D eigenvalue weighted by Gasteiger charge is 2.31. The van der Waals surface area contributed by atoms with Gasteiger partial charge in [0.05, 0.1) is 23.3 Å². The topological polar surface area (TPSA) is 97.4 Å². The molecule has 0 fully saturated rings. The third-order valence-electron chi connectivity index (χ3n) is 6.37. The predicted octanol–water partition coefficient (Wildman–Crippen LogP) is 3.06. The predicted molar refractivity (Wildman–Crippen MR) is 136 cm³/mol. The summed E-state index contributed by atoms with van der Waals surface area (Å²) in [4.78, 5) is 41.9. The van der Waals surface area contributed by atoms with E-state index in [1.54, 1.807) is 50.2 Å². The number of hydrogen-bond acceptors (Lipinski definition) is 6. The lowest BCUT2D eigenvalue weighted by atomic mass is 10.0. The number of nitrogens with one attached hydrogen (secondary N) is 1. The van der Waals surface area contributed by atoms with Gasteiger partial charge < -0.3 is 29.3 Å². The molecule has 2 aromatic carbocycles. The van der Waals surface area contributed by atoms with Crippen LogP contribution < -0.4 is 10.1 Å². The molecule has 0 saturated carbocycles. The van der Waals surface area contributed by atoms with Crippen LogP contribution in [-0.2, 0) is 14.3 Å². The average Bonchev–Trinajstić information content (AvgIpc) is 2.87. The summed E-state index contributed by atoms with van der Waals surface area (Å²) in [5.41, 5.74) is 0.701. The van der Waals surface area contributed by atoms with Crippen molar-refractivity contribution in [3.63, 3.8) is 0 Å². The van der Waals surface area contributed by atoms with Crippen molar-refractivity contribution in [2.75, 3.05) is 52.9 Å². The van der Waals surface area contributed by atoms with Crippen molar-refractivity contribution in [1.82, 2.24) is 9.80 Å². The molecule has 1 N–H and O–H groups in total. The number of halogens is 1. The second kappa shape index (κ2) is 12.6. The Kier molecular flexibility index (Phi) is 9.60. The van der Waals surface area contributed by atoms with Crippen molar-refractivity contribution in [3.8, 4) is 5.75 Å². The van der Waals surface area contributed by atoms with Crippen LogP contribution in [0.25, 0.3) is 0 Å². The fourth-order valence-electron chi connectivity index (χ4n) is 4.25. The highest BCUT2D eigenvalue weighted by molar-refractivity contribution is 5.98. The van der Waals surface area contributed by atoms with E-state index in [0.29, 0.717) is 11.3 Å². The molecule has 10 heteroatoms. The molecule has 2 aromatic rings. The molecule has 9 nitrogen and oxygen atoms in total. The average molecular weight is 516 g/mol. The van der Waals surface area contributed by atoms with Gasteiger partial charge in [0.15, 0.2) is 0 Å². The van der Waals surface area contributed by atoms with E-state index >= 15 is 0 Å². The Morgan fingerprint density at radius 1 is 1.14 bits per heavy atom. The number of benzene rings is 2. The van der Waals surface area contributed by atoms with Gasteiger partial charge in [-0.3, -0.25) is 14.4 Å². The molecule has 0 aliphatic carbocycles. The zero-order valence-electron chi connectivity index (χ0n) is 21.8. The van der Waals surface area contributed by atoms with Crippen LogP contribution >= 0.6 is 0 Å². The minimum Gasteiger partial charge on any atom is -0.491 e. The second-order valence-corrected chi connectivity index (χ2v) is 9.23. The maximum atomic E-state index is 14.5. The zero-order chi connectivity index (χ0) is 27.1. The van der Waals surface area contributed by atoms with Crippen LogP contribution in [0.5, 0.6) is 5.75 Å². The molecule has 3 atom stereocenters. The van der Waals surface area contributed by atoms with Crippen molar-refractivity contribution >= 4 is 23.4 Å². The SMILES string of the molecule is COCC(=O)Nc1ccc2c(c1)OC[C@@H](C)N(C(=O)c1ccccc1F)C[C@@H](C)[C@@H](OC)CN(C)C2=O. The summed E-state index contributed by atoms with van der Waals surface area (Å²) in [5, 5.41) is 2.70. The molecule has 3 amide bonds. The molecular weight excluding hydrogens is 481 g/mol. The van der Waals surface area contributed by atoms with E-state index in [4.69, 9.17) is 14.2 Å². The van der Waals surface area contributed by atoms with E-state index in [2.05, 4.69) is 5.32 Å². The Hall–Kier alpha value is -3.50. The summed E-state index contributed by atoms with van der Waals surface area (Å²) in [5.74, 6) is -1.61. The lowest BCUT2D eigenvalue weighted by Crippen LogP contribution is -2.48. The van der Waals surface area contributed by atoms with E-state index in [0.717, 1.165) is 0 Å². The molecule has 200 valence electrons. The maximum absolute atomic E-state index is 14.5. The Bertz CT molecular complexity index is 1130. The Morgan fingerprint density at radius 3 is 2.54 bits per heavy atom. The first kappa shape index (κ1) is 28.1. The number of nitrogens with zero attached hydrogens (tertiary/aromatic N) is 2. The number of ether oxygens (including phenoxy) is 3. The van der Waals surface area contributed by atoms with Gasteiger partial charge in [-0.15, -0.1) is 0 Å². The quantitative estimate of drug-likeness (QED) is 0.658. The summed E-state index contributed by atoms with van der Waals surface area (Å²) >= 11 is 0. The van der Waals surface area contributed by atoms with Gasteiger partial charge in [-0.2, -0.15) is 0 Å². The molecule has 0 bridgehead atoms. The van der Waals surface area contributed by atoms with Crippen LogP contribution in [-0.4, -0.2) is 87.2 Å².